The summed E-state index contributed by atoms with van der Waals surface area (Å²) in [5.74, 6) is -0.937. The summed E-state index contributed by atoms with van der Waals surface area (Å²) in [6.45, 7) is 3.58. The molecule has 0 aliphatic heterocycles. The molecule has 2 atom stereocenters. The molecule has 5 nitrogen and oxygen atoms in total. The number of primary amides is 1. The van der Waals surface area contributed by atoms with E-state index < -0.39 is 22.0 Å². The summed E-state index contributed by atoms with van der Waals surface area (Å²) in [5, 5.41) is 0.368. The third kappa shape index (κ3) is 4.09. The number of rotatable bonds is 6. The first kappa shape index (κ1) is 17.2. The van der Waals surface area contributed by atoms with Crippen LogP contribution in [0.5, 0.6) is 0 Å². The van der Waals surface area contributed by atoms with Crippen molar-refractivity contribution >= 4 is 39.1 Å². The van der Waals surface area contributed by atoms with Crippen LogP contribution in [0.15, 0.2) is 23.1 Å². The molecule has 0 aliphatic rings. The van der Waals surface area contributed by atoms with Crippen LogP contribution < -0.4 is 10.5 Å². The first-order valence-corrected chi connectivity index (χ1v) is 8.19. The van der Waals surface area contributed by atoms with Gasteiger partial charge in [-0.2, -0.15) is 4.72 Å². The quantitative estimate of drug-likeness (QED) is 0.832. The van der Waals surface area contributed by atoms with Crippen molar-refractivity contribution in [1.82, 2.24) is 4.72 Å². The Kier molecular flexibility index (Phi) is 5.82. The van der Waals surface area contributed by atoms with E-state index in [1.165, 1.54) is 18.2 Å². The molecule has 8 heteroatoms. The molecule has 0 spiro atoms. The number of nitrogens with two attached hydrogens (primary N) is 1. The number of carbonyl (C=O) groups excluding carboxylic acids is 1. The average Bonchev–Trinajstić information content (AvgIpc) is 2.38. The lowest BCUT2D eigenvalue weighted by atomic mass is 10.00. The largest absolute Gasteiger partial charge is 0.368 e. The second-order valence-electron chi connectivity index (χ2n) is 4.46. The monoisotopic (exact) mass is 338 g/mol. The molecule has 0 aliphatic carbocycles. The number of halogens is 2. The zero-order chi connectivity index (χ0) is 15.5. The Morgan fingerprint density at radius 2 is 1.95 bits per heavy atom. The first-order valence-electron chi connectivity index (χ1n) is 5.95. The highest BCUT2D eigenvalue weighted by Gasteiger charge is 2.28. The predicted molar refractivity (Wildman–Crippen MR) is 79.2 cm³/mol. The fourth-order valence-electron chi connectivity index (χ4n) is 1.57. The van der Waals surface area contributed by atoms with Gasteiger partial charge in [-0.15, -0.1) is 0 Å². The molecule has 20 heavy (non-hydrogen) atoms. The molecule has 0 fully saturated rings. The summed E-state index contributed by atoms with van der Waals surface area (Å²) in [6.07, 6.45) is 0.609. The summed E-state index contributed by atoms with van der Waals surface area (Å²) in [4.78, 5) is 11.3. The zero-order valence-electron chi connectivity index (χ0n) is 11.1. The Hall–Kier alpha value is -0.820. The van der Waals surface area contributed by atoms with Gasteiger partial charge in [0.1, 0.15) is 6.04 Å². The lowest BCUT2D eigenvalue weighted by Crippen LogP contribution is -2.48. The maximum Gasteiger partial charge on any atom is 0.241 e. The minimum Gasteiger partial charge on any atom is -0.368 e. The van der Waals surface area contributed by atoms with Crippen molar-refractivity contribution in [2.24, 2.45) is 11.7 Å². The van der Waals surface area contributed by atoms with E-state index >= 15 is 0 Å². The van der Waals surface area contributed by atoms with Gasteiger partial charge in [0.2, 0.25) is 15.9 Å². The second kappa shape index (κ2) is 6.76. The fraction of sp³-hybridized carbons (Fsp3) is 0.417. The highest BCUT2D eigenvalue weighted by Crippen LogP contribution is 2.25. The predicted octanol–water partition coefficient (Wildman–Crippen LogP) is 2.17. The van der Waals surface area contributed by atoms with Crippen LogP contribution in [0.25, 0.3) is 0 Å². The second-order valence-corrected chi connectivity index (χ2v) is 6.99. The number of benzene rings is 1. The highest BCUT2D eigenvalue weighted by atomic mass is 35.5. The molecule has 1 aromatic carbocycles. The van der Waals surface area contributed by atoms with Gasteiger partial charge >= 0.3 is 0 Å². The number of hydrogen-bond acceptors (Lipinski definition) is 3. The number of sulfonamides is 1. The third-order valence-electron chi connectivity index (χ3n) is 3.00. The SMILES string of the molecule is CC[C@@H](C)[C@H](NS(=O)(=O)c1ccc(Cl)c(Cl)c1)C(N)=O. The molecular formula is C12H16Cl2N2O3S. The Labute approximate surface area is 128 Å². The van der Waals surface area contributed by atoms with Gasteiger partial charge < -0.3 is 5.73 Å². The van der Waals surface area contributed by atoms with Crippen LogP contribution in [-0.4, -0.2) is 20.4 Å². The molecule has 1 rings (SSSR count). The van der Waals surface area contributed by atoms with Crippen molar-refractivity contribution in [2.45, 2.75) is 31.2 Å². The van der Waals surface area contributed by atoms with Gasteiger partial charge in [0, 0.05) is 0 Å². The number of carbonyl (C=O) groups is 1. The molecule has 112 valence electrons. The van der Waals surface area contributed by atoms with Gasteiger partial charge in [0.15, 0.2) is 0 Å². The van der Waals surface area contributed by atoms with Gasteiger partial charge in [-0.05, 0) is 24.1 Å². The van der Waals surface area contributed by atoms with Crippen molar-refractivity contribution in [2.75, 3.05) is 0 Å². The van der Waals surface area contributed by atoms with E-state index in [2.05, 4.69) is 4.72 Å². The standard InChI is InChI=1S/C12H16Cl2N2O3S/c1-3-7(2)11(12(15)17)16-20(18,19)8-4-5-9(13)10(14)6-8/h4-7,11,16H,3H2,1-2H3,(H2,15,17)/t7-,11+/m1/s1. The topological polar surface area (TPSA) is 89.3 Å². The smallest absolute Gasteiger partial charge is 0.241 e. The van der Waals surface area contributed by atoms with Gasteiger partial charge in [-0.3, -0.25) is 4.79 Å². The van der Waals surface area contributed by atoms with Crippen LogP contribution >= 0.6 is 23.2 Å². The Balaban J connectivity index is 3.09. The lowest BCUT2D eigenvalue weighted by Gasteiger charge is -2.21. The molecule has 0 bridgehead atoms. The van der Waals surface area contributed by atoms with Crippen molar-refractivity contribution in [3.63, 3.8) is 0 Å². The average molecular weight is 339 g/mol. The lowest BCUT2D eigenvalue weighted by molar-refractivity contribution is -0.120. The first-order chi connectivity index (χ1) is 9.19. The molecule has 0 unspecified atom stereocenters. The zero-order valence-corrected chi connectivity index (χ0v) is 13.4. The van der Waals surface area contributed by atoms with E-state index in [0.29, 0.717) is 6.42 Å². The Morgan fingerprint density at radius 3 is 2.40 bits per heavy atom. The van der Waals surface area contributed by atoms with E-state index in [0.717, 1.165) is 0 Å². The van der Waals surface area contributed by atoms with E-state index in [1.54, 1.807) is 6.92 Å². The maximum atomic E-state index is 12.2. The highest BCUT2D eigenvalue weighted by molar-refractivity contribution is 7.89. The third-order valence-corrected chi connectivity index (χ3v) is 5.18. The van der Waals surface area contributed by atoms with E-state index in [1.807, 2.05) is 6.92 Å². The molecule has 0 radical (unpaired) electrons. The minimum absolute atomic E-state index is 0.0681. The van der Waals surface area contributed by atoms with Crippen LogP contribution in [0.4, 0.5) is 0 Å². The van der Waals surface area contributed by atoms with Crippen LogP contribution in [0.1, 0.15) is 20.3 Å². The Bertz CT molecular complexity index is 605. The van der Waals surface area contributed by atoms with Gasteiger partial charge in [-0.1, -0.05) is 43.5 Å². The van der Waals surface area contributed by atoms with Crippen LogP contribution in [0, 0.1) is 5.92 Å². The van der Waals surface area contributed by atoms with Crippen molar-refractivity contribution < 1.29 is 13.2 Å². The van der Waals surface area contributed by atoms with Gasteiger partial charge in [0.05, 0.1) is 14.9 Å². The summed E-state index contributed by atoms with van der Waals surface area (Å²) >= 11 is 11.5. The van der Waals surface area contributed by atoms with Crippen LogP contribution in [0.3, 0.4) is 0 Å². The molecular weight excluding hydrogens is 323 g/mol. The molecule has 3 N–H and O–H groups in total. The molecule has 0 aromatic heterocycles. The van der Waals surface area contributed by atoms with Gasteiger partial charge in [-0.25, -0.2) is 8.42 Å². The summed E-state index contributed by atoms with van der Waals surface area (Å²) in [5.41, 5.74) is 5.24. The van der Waals surface area contributed by atoms with Crippen molar-refractivity contribution in [3.05, 3.63) is 28.2 Å². The molecule has 1 aromatic rings. The van der Waals surface area contributed by atoms with Gasteiger partial charge in [0.25, 0.3) is 0 Å². The summed E-state index contributed by atoms with van der Waals surface area (Å²) < 4.78 is 26.7. The number of amides is 1. The molecule has 0 heterocycles. The van der Waals surface area contributed by atoms with Crippen molar-refractivity contribution in [3.8, 4) is 0 Å². The molecule has 0 saturated carbocycles. The normalized spacial score (nSPS) is 14.8. The number of hydrogen-bond donors (Lipinski definition) is 2. The van der Waals surface area contributed by atoms with Crippen LogP contribution in [0.2, 0.25) is 10.0 Å². The van der Waals surface area contributed by atoms with Crippen LogP contribution in [-0.2, 0) is 14.8 Å². The van der Waals surface area contributed by atoms with E-state index in [4.69, 9.17) is 28.9 Å². The molecule has 0 saturated heterocycles. The number of nitrogens with one attached hydrogen (secondary N) is 1. The summed E-state index contributed by atoms with van der Waals surface area (Å²) in [6, 6.07) is 2.94. The van der Waals surface area contributed by atoms with Crippen molar-refractivity contribution in [1.29, 1.82) is 0 Å². The molecule has 1 amide bonds. The Morgan fingerprint density at radius 1 is 1.35 bits per heavy atom. The minimum atomic E-state index is -3.89. The van der Waals surface area contributed by atoms with E-state index in [9.17, 15) is 13.2 Å². The fourth-order valence-corrected chi connectivity index (χ4v) is 3.27. The summed E-state index contributed by atoms with van der Waals surface area (Å²) in [7, 11) is -3.89. The maximum absolute atomic E-state index is 12.2. The van der Waals surface area contributed by atoms with E-state index in [-0.39, 0.29) is 20.9 Å².